The molecule has 0 spiro atoms. The molecule has 0 unspecified atom stereocenters. The monoisotopic (exact) mass is 472 g/mol. The van der Waals surface area contributed by atoms with Crippen LogP contribution in [0.15, 0.2) is 78.9 Å². The molecule has 5 heteroatoms. The normalized spacial score (nSPS) is 12.5. The number of rotatable bonds is 11. The van der Waals surface area contributed by atoms with Gasteiger partial charge in [0.15, 0.2) is 6.61 Å². The number of ether oxygens (including phenoxy) is 1. The molecule has 35 heavy (non-hydrogen) atoms. The highest BCUT2D eigenvalue weighted by Crippen LogP contribution is 2.18. The van der Waals surface area contributed by atoms with Crippen molar-refractivity contribution in [2.24, 2.45) is 0 Å². The van der Waals surface area contributed by atoms with E-state index in [2.05, 4.69) is 11.4 Å². The molecule has 3 aromatic carbocycles. The van der Waals surface area contributed by atoms with Crippen LogP contribution in [0, 0.1) is 13.8 Å². The Kier molecular flexibility index (Phi) is 9.47. The van der Waals surface area contributed by atoms with Crippen LogP contribution >= 0.6 is 0 Å². The fraction of sp³-hybridized carbons (Fsp3) is 0.333. The summed E-state index contributed by atoms with van der Waals surface area (Å²) in [6.45, 7) is 8.18. The van der Waals surface area contributed by atoms with E-state index in [-0.39, 0.29) is 24.5 Å². The summed E-state index contributed by atoms with van der Waals surface area (Å²) < 4.78 is 5.91. The van der Waals surface area contributed by atoms with Gasteiger partial charge >= 0.3 is 0 Å². The second-order valence-electron chi connectivity index (χ2n) is 9.14. The Hall–Kier alpha value is -3.60. The zero-order chi connectivity index (χ0) is 25.2. The summed E-state index contributed by atoms with van der Waals surface area (Å²) in [5.74, 6) is 0.270. The van der Waals surface area contributed by atoms with Gasteiger partial charge in [0.25, 0.3) is 5.91 Å². The third-order valence-corrected chi connectivity index (χ3v) is 6.03. The van der Waals surface area contributed by atoms with Crippen LogP contribution in [0.4, 0.5) is 0 Å². The Morgan fingerprint density at radius 2 is 1.46 bits per heavy atom. The summed E-state index contributed by atoms with van der Waals surface area (Å²) in [5, 5.41) is 3.09. The molecule has 3 rings (SSSR count). The van der Waals surface area contributed by atoms with E-state index in [1.807, 2.05) is 100 Å². The van der Waals surface area contributed by atoms with Crippen molar-refractivity contribution < 1.29 is 14.3 Å². The first-order chi connectivity index (χ1) is 16.9. The second-order valence-corrected chi connectivity index (χ2v) is 9.14. The number of amides is 2. The van der Waals surface area contributed by atoms with Gasteiger partial charge in [-0.25, -0.2) is 0 Å². The molecule has 3 aromatic rings. The van der Waals surface area contributed by atoms with E-state index in [1.165, 1.54) is 0 Å². The zero-order valence-electron chi connectivity index (χ0n) is 21.2. The molecule has 1 N–H and O–H groups in total. The van der Waals surface area contributed by atoms with Crippen molar-refractivity contribution in [3.8, 4) is 5.75 Å². The fourth-order valence-electron chi connectivity index (χ4n) is 4.02. The Bertz CT molecular complexity index is 1080. The van der Waals surface area contributed by atoms with E-state index in [9.17, 15) is 9.59 Å². The third-order valence-electron chi connectivity index (χ3n) is 6.03. The smallest absolute Gasteiger partial charge is 0.261 e. The first-order valence-corrected chi connectivity index (χ1v) is 12.2. The van der Waals surface area contributed by atoms with Crippen LogP contribution in [-0.4, -0.2) is 35.4 Å². The maximum Gasteiger partial charge on any atom is 0.261 e. The maximum atomic E-state index is 13.6. The van der Waals surface area contributed by atoms with Crippen LogP contribution in [0.2, 0.25) is 0 Å². The second kappa shape index (κ2) is 12.7. The highest BCUT2D eigenvalue weighted by molar-refractivity contribution is 5.88. The van der Waals surface area contributed by atoms with E-state index >= 15 is 0 Å². The summed E-state index contributed by atoms with van der Waals surface area (Å²) >= 11 is 0. The van der Waals surface area contributed by atoms with Gasteiger partial charge in [0.1, 0.15) is 11.8 Å². The van der Waals surface area contributed by atoms with Gasteiger partial charge in [-0.15, -0.1) is 0 Å². The third kappa shape index (κ3) is 7.99. The Balaban J connectivity index is 1.90. The van der Waals surface area contributed by atoms with Gasteiger partial charge in [-0.05, 0) is 61.6 Å². The lowest BCUT2D eigenvalue weighted by atomic mass is 10.0. The number of nitrogens with one attached hydrogen (secondary N) is 1. The lowest BCUT2D eigenvalue weighted by Crippen LogP contribution is -2.53. The van der Waals surface area contributed by atoms with E-state index in [1.54, 1.807) is 4.90 Å². The molecule has 0 aliphatic carbocycles. The minimum Gasteiger partial charge on any atom is -0.484 e. The molecule has 0 saturated heterocycles. The average Bonchev–Trinajstić information content (AvgIpc) is 2.85. The lowest BCUT2D eigenvalue weighted by Gasteiger charge is -2.32. The molecule has 0 heterocycles. The summed E-state index contributed by atoms with van der Waals surface area (Å²) in [5.41, 5.74) is 4.10. The predicted molar refractivity (Wildman–Crippen MR) is 140 cm³/mol. The maximum absolute atomic E-state index is 13.6. The van der Waals surface area contributed by atoms with Gasteiger partial charge in [-0.2, -0.15) is 0 Å². The number of hydrogen-bond donors (Lipinski definition) is 1. The van der Waals surface area contributed by atoms with Crippen molar-refractivity contribution in [1.29, 1.82) is 0 Å². The number of hydrogen-bond acceptors (Lipinski definition) is 3. The van der Waals surface area contributed by atoms with Crippen molar-refractivity contribution in [2.75, 3.05) is 6.61 Å². The minimum atomic E-state index is -0.665. The quantitative estimate of drug-likeness (QED) is 0.415. The molecule has 2 amide bonds. The molecule has 0 saturated carbocycles. The van der Waals surface area contributed by atoms with E-state index in [4.69, 9.17) is 4.74 Å². The van der Waals surface area contributed by atoms with Crippen LogP contribution in [0.3, 0.4) is 0 Å². The highest BCUT2D eigenvalue weighted by atomic mass is 16.5. The van der Waals surface area contributed by atoms with Crippen LogP contribution in [0.1, 0.15) is 42.5 Å². The summed E-state index contributed by atoms with van der Waals surface area (Å²) in [7, 11) is 0. The molecule has 0 aromatic heterocycles. The van der Waals surface area contributed by atoms with Gasteiger partial charge in [0.2, 0.25) is 5.91 Å². The van der Waals surface area contributed by atoms with E-state index in [0.29, 0.717) is 18.7 Å². The Labute approximate surface area is 209 Å². The predicted octanol–water partition coefficient (Wildman–Crippen LogP) is 5.24. The van der Waals surface area contributed by atoms with Crippen LogP contribution in [0.25, 0.3) is 0 Å². The first-order valence-electron chi connectivity index (χ1n) is 12.2. The molecular weight excluding hydrogens is 436 g/mol. The molecular formula is C30H36N2O3. The molecule has 0 bridgehead atoms. The van der Waals surface area contributed by atoms with Crippen molar-refractivity contribution in [1.82, 2.24) is 10.2 Å². The average molecular weight is 473 g/mol. The Morgan fingerprint density at radius 3 is 2.03 bits per heavy atom. The highest BCUT2D eigenvalue weighted by Gasteiger charge is 2.31. The molecule has 2 atom stereocenters. The number of aryl methyl sites for hydroxylation is 2. The van der Waals surface area contributed by atoms with Crippen LogP contribution < -0.4 is 10.1 Å². The van der Waals surface area contributed by atoms with Crippen molar-refractivity contribution in [2.45, 2.75) is 59.2 Å². The van der Waals surface area contributed by atoms with Crippen LogP contribution in [0.5, 0.6) is 5.75 Å². The van der Waals surface area contributed by atoms with Crippen molar-refractivity contribution in [3.05, 3.63) is 101 Å². The molecule has 0 aliphatic rings. The standard InChI is InChI=1S/C30H36N2O3/c1-5-24(4)31-30(34)28(19-25-12-8-6-9-13-25)32(20-26-14-10-7-11-15-26)29(33)21-35-27-17-22(2)16-23(3)18-27/h6-18,24,28H,5,19-21H2,1-4H3,(H,31,34)/t24-,28+/m1/s1. The van der Waals surface area contributed by atoms with Gasteiger partial charge < -0.3 is 15.0 Å². The first kappa shape index (κ1) is 26.0. The largest absolute Gasteiger partial charge is 0.484 e. The van der Waals surface area contributed by atoms with Gasteiger partial charge in [-0.3, -0.25) is 9.59 Å². The number of carbonyl (C=O) groups is 2. The number of carbonyl (C=O) groups excluding carboxylic acids is 2. The van der Waals surface area contributed by atoms with Crippen molar-refractivity contribution >= 4 is 11.8 Å². The van der Waals surface area contributed by atoms with Gasteiger partial charge in [0, 0.05) is 19.0 Å². The topological polar surface area (TPSA) is 58.6 Å². The molecule has 0 fully saturated rings. The van der Waals surface area contributed by atoms with E-state index < -0.39 is 6.04 Å². The number of benzene rings is 3. The lowest BCUT2D eigenvalue weighted by molar-refractivity contribution is -0.143. The zero-order valence-corrected chi connectivity index (χ0v) is 21.2. The fourth-order valence-corrected chi connectivity index (χ4v) is 4.02. The minimum absolute atomic E-state index is 0.0148. The summed E-state index contributed by atoms with van der Waals surface area (Å²) in [6.07, 6.45) is 1.23. The number of nitrogens with zero attached hydrogens (tertiary/aromatic N) is 1. The molecule has 184 valence electrons. The van der Waals surface area contributed by atoms with E-state index in [0.717, 1.165) is 28.7 Å². The van der Waals surface area contributed by atoms with Gasteiger partial charge in [0.05, 0.1) is 0 Å². The molecule has 0 aliphatic heterocycles. The SMILES string of the molecule is CC[C@@H](C)NC(=O)[C@H](Cc1ccccc1)N(Cc1ccccc1)C(=O)COc1cc(C)cc(C)c1. The van der Waals surface area contributed by atoms with Crippen molar-refractivity contribution in [3.63, 3.8) is 0 Å². The Morgan fingerprint density at radius 1 is 0.886 bits per heavy atom. The summed E-state index contributed by atoms with van der Waals surface area (Å²) in [4.78, 5) is 28.7. The summed E-state index contributed by atoms with van der Waals surface area (Å²) in [6, 6.07) is 24.8. The molecule has 5 nitrogen and oxygen atoms in total. The van der Waals surface area contributed by atoms with Gasteiger partial charge in [-0.1, -0.05) is 73.7 Å². The van der Waals surface area contributed by atoms with Crippen LogP contribution in [-0.2, 0) is 22.6 Å². The molecule has 0 radical (unpaired) electrons.